The molecule has 2 aliphatic heterocycles. The molecule has 2 atom stereocenters. The van der Waals surface area contributed by atoms with Gasteiger partial charge >= 0.3 is 0 Å². The Bertz CT molecular complexity index is 1020. The number of hydrogen-bond acceptors (Lipinski definition) is 3. The van der Waals surface area contributed by atoms with Crippen LogP contribution >= 0.6 is 31.9 Å². The SMILES string of the molecule is Brc1ccc(C2=NN3C(C2)c2ccccc2OC3c2ccc(Br)cc2)cc1. The number of hydrogen-bond donors (Lipinski definition) is 0. The molecule has 5 rings (SSSR count). The Morgan fingerprint density at radius 3 is 2.26 bits per heavy atom. The van der Waals surface area contributed by atoms with Crippen LogP contribution in [-0.2, 0) is 0 Å². The molecule has 0 N–H and O–H groups in total. The molecule has 0 fully saturated rings. The summed E-state index contributed by atoms with van der Waals surface area (Å²) in [4.78, 5) is 0. The predicted octanol–water partition coefficient (Wildman–Crippen LogP) is 6.45. The van der Waals surface area contributed by atoms with E-state index in [4.69, 9.17) is 9.84 Å². The minimum atomic E-state index is -0.231. The Balaban J connectivity index is 1.58. The number of hydrazone groups is 1. The molecule has 3 nitrogen and oxygen atoms in total. The minimum absolute atomic E-state index is 0.183. The van der Waals surface area contributed by atoms with Gasteiger partial charge in [-0.2, -0.15) is 5.10 Å². The van der Waals surface area contributed by atoms with Gasteiger partial charge in [0.15, 0.2) is 0 Å². The summed E-state index contributed by atoms with van der Waals surface area (Å²) in [7, 11) is 0. The zero-order valence-corrected chi connectivity index (χ0v) is 17.5. The Kier molecular flexibility index (Phi) is 4.29. The molecule has 0 saturated heterocycles. The third kappa shape index (κ3) is 3.09. The Morgan fingerprint density at radius 2 is 1.52 bits per heavy atom. The fraction of sp³-hybridized carbons (Fsp3) is 0.136. The Morgan fingerprint density at radius 1 is 0.852 bits per heavy atom. The highest BCUT2D eigenvalue weighted by atomic mass is 79.9. The number of nitrogens with zero attached hydrogens (tertiary/aromatic N) is 2. The third-order valence-electron chi connectivity index (χ3n) is 5.03. The smallest absolute Gasteiger partial charge is 0.213 e. The number of para-hydroxylation sites is 1. The first-order valence-electron chi connectivity index (χ1n) is 8.82. The Hall–Kier alpha value is -2.11. The van der Waals surface area contributed by atoms with Gasteiger partial charge in [0.1, 0.15) is 5.75 Å². The van der Waals surface area contributed by atoms with Crippen LogP contribution in [0.3, 0.4) is 0 Å². The molecular formula is C22H16Br2N2O. The number of fused-ring (bicyclic) bond motifs is 3. The zero-order chi connectivity index (χ0) is 18.4. The van der Waals surface area contributed by atoms with E-state index in [1.165, 1.54) is 5.56 Å². The molecule has 0 saturated carbocycles. The van der Waals surface area contributed by atoms with Gasteiger partial charge < -0.3 is 4.74 Å². The Labute approximate surface area is 174 Å². The van der Waals surface area contributed by atoms with Crippen LogP contribution < -0.4 is 4.74 Å². The van der Waals surface area contributed by atoms with Crippen molar-refractivity contribution in [3.8, 4) is 5.75 Å². The molecule has 0 spiro atoms. The second kappa shape index (κ2) is 6.80. The van der Waals surface area contributed by atoms with E-state index >= 15 is 0 Å². The van der Waals surface area contributed by atoms with Crippen LogP contribution in [0.5, 0.6) is 5.75 Å². The van der Waals surface area contributed by atoms with Gasteiger partial charge in [-0.1, -0.05) is 74.3 Å². The highest BCUT2D eigenvalue weighted by Gasteiger charge is 2.40. The molecule has 27 heavy (non-hydrogen) atoms. The summed E-state index contributed by atoms with van der Waals surface area (Å²) in [5.41, 5.74) is 4.54. The van der Waals surface area contributed by atoms with Gasteiger partial charge in [-0.15, -0.1) is 0 Å². The summed E-state index contributed by atoms with van der Waals surface area (Å²) in [5.74, 6) is 0.943. The van der Waals surface area contributed by atoms with Crippen molar-refractivity contribution < 1.29 is 4.74 Å². The summed E-state index contributed by atoms with van der Waals surface area (Å²) >= 11 is 7.02. The number of benzene rings is 3. The minimum Gasteiger partial charge on any atom is -0.464 e. The van der Waals surface area contributed by atoms with Crippen LogP contribution in [0.25, 0.3) is 0 Å². The van der Waals surface area contributed by atoms with Crippen molar-refractivity contribution in [2.75, 3.05) is 0 Å². The zero-order valence-electron chi connectivity index (χ0n) is 14.3. The van der Waals surface area contributed by atoms with Crippen molar-refractivity contribution in [1.29, 1.82) is 0 Å². The van der Waals surface area contributed by atoms with Crippen molar-refractivity contribution in [1.82, 2.24) is 5.01 Å². The van der Waals surface area contributed by atoms with E-state index in [1.54, 1.807) is 0 Å². The maximum absolute atomic E-state index is 6.37. The van der Waals surface area contributed by atoms with Gasteiger partial charge in [0.2, 0.25) is 6.23 Å². The molecule has 2 unspecified atom stereocenters. The second-order valence-corrected chi connectivity index (χ2v) is 8.54. The van der Waals surface area contributed by atoms with Gasteiger partial charge in [-0.3, -0.25) is 0 Å². The van der Waals surface area contributed by atoms with E-state index in [0.717, 1.165) is 38.0 Å². The topological polar surface area (TPSA) is 24.8 Å². The number of halogens is 2. The van der Waals surface area contributed by atoms with Gasteiger partial charge in [0, 0.05) is 26.5 Å². The molecule has 2 heterocycles. The first-order chi connectivity index (χ1) is 13.2. The summed E-state index contributed by atoms with van der Waals surface area (Å²) in [6.07, 6.45) is 0.639. The van der Waals surface area contributed by atoms with E-state index in [-0.39, 0.29) is 12.3 Å². The van der Waals surface area contributed by atoms with Gasteiger partial charge in [0.05, 0.1) is 11.8 Å². The average Bonchev–Trinajstić information content (AvgIpc) is 3.14. The highest BCUT2D eigenvalue weighted by molar-refractivity contribution is 9.10. The quantitative estimate of drug-likeness (QED) is 0.418. The fourth-order valence-electron chi connectivity index (χ4n) is 3.70. The molecule has 3 aromatic carbocycles. The molecule has 134 valence electrons. The normalized spacial score (nSPS) is 20.5. The van der Waals surface area contributed by atoms with Crippen LogP contribution in [0.1, 0.15) is 35.4 Å². The van der Waals surface area contributed by atoms with Gasteiger partial charge in [0.25, 0.3) is 0 Å². The molecular weight excluding hydrogens is 468 g/mol. The van der Waals surface area contributed by atoms with E-state index in [2.05, 4.69) is 91.5 Å². The van der Waals surface area contributed by atoms with Crippen LogP contribution in [0, 0.1) is 0 Å². The molecule has 5 heteroatoms. The average molecular weight is 484 g/mol. The van der Waals surface area contributed by atoms with E-state index in [0.29, 0.717) is 0 Å². The van der Waals surface area contributed by atoms with E-state index < -0.39 is 0 Å². The lowest BCUT2D eigenvalue weighted by atomic mass is 9.96. The summed E-state index contributed by atoms with van der Waals surface area (Å²) in [6, 6.07) is 25.1. The number of ether oxygens (including phenoxy) is 1. The maximum atomic E-state index is 6.37. The summed E-state index contributed by atoms with van der Waals surface area (Å²) in [6.45, 7) is 0. The molecule has 0 radical (unpaired) electrons. The predicted molar refractivity (Wildman–Crippen MR) is 114 cm³/mol. The first kappa shape index (κ1) is 17.0. The van der Waals surface area contributed by atoms with E-state index in [1.807, 2.05) is 18.2 Å². The number of rotatable bonds is 2. The highest BCUT2D eigenvalue weighted by Crippen LogP contribution is 2.47. The summed E-state index contributed by atoms with van der Waals surface area (Å²) in [5, 5.41) is 7.10. The van der Waals surface area contributed by atoms with Crippen LogP contribution in [0.4, 0.5) is 0 Å². The lowest BCUT2D eigenvalue weighted by molar-refractivity contribution is -0.0190. The van der Waals surface area contributed by atoms with Crippen LogP contribution in [0.2, 0.25) is 0 Å². The van der Waals surface area contributed by atoms with Crippen molar-refractivity contribution in [3.05, 3.63) is 98.4 Å². The van der Waals surface area contributed by atoms with Crippen molar-refractivity contribution in [3.63, 3.8) is 0 Å². The molecule has 0 amide bonds. The molecule has 0 aromatic heterocycles. The fourth-order valence-corrected chi connectivity index (χ4v) is 4.23. The lowest BCUT2D eigenvalue weighted by Gasteiger charge is -2.38. The van der Waals surface area contributed by atoms with Crippen molar-refractivity contribution in [2.24, 2.45) is 5.10 Å². The third-order valence-corrected chi connectivity index (χ3v) is 6.09. The monoisotopic (exact) mass is 482 g/mol. The largest absolute Gasteiger partial charge is 0.464 e. The molecule has 0 bridgehead atoms. The first-order valence-corrected chi connectivity index (χ1v) is 10.4. The second-order valence-electron chi connectivity index (χ2n) is 6.71. The van der Waals surface area contributed by atoms with E-state index in [9.17, 15) is 0 Å². The van der Waals surface area contributed by atoms with Crippen LogP contribution in [0.15, 0.2) is 86.8 Å². The van der Waals surface area contributed by atoms with Crippen LogP contribution in [-0.4, -0.2) is 10.7 Å². The van der Waals surface area contributed by atoms with Gasteiger partial charge in [-0.05, 0) is 35.9 Å². The molecule has 3 aromatic rings. The standard InChI is InChI=1S/C22H16Br2N2O/c23-16-9-5-14(6-10-16)19-13-20-18-3-1-2-4-21(18)27-22(26(20)25-19)15-7-11-17(24)12-8-15/h1-12,20,22H,13H2. The van der Waals surface area contributed by atoms with Crippen molar-refractivity contribution in [2.45, 2.75) is 18.7 Å². The lowest BCUT2D eigenvalue weighted by Crippen LogP contribution is -2.33. The maximum Gasteiger partial charge on any atom is 0.213 e. The molecule has 0 aliphatic carbocycles. The summed E-state index contributed by atoms with van der Waals surface area (Å²) < 4.78 is 8.50. The van der Waals surface area contributed by atoms with Crippen molar-refractivity contribution >= 4 is 37.6 Å². The molecule has 2 aliphatic rings. The van der Waals surface area contributed by atoms with Gasteiger partial charge in [-0.25, -0.2) is 5.01 Å².